The number of nitrogens with two attached hydrogens (primary N) is 1. The van der Waals surface area contributed by atoms with E-state index in [1.165, 1.54) is 18.7 Å². The summed E-state index contributed by atoms with van der Waals surface area (Å²) >= 11 is 1.40. The van der Waals surface area contributed by atoms with Gasteiger partial charge in [-0.25, -0.2) is 4.79 Å². The minimum atomic E-state index is -1.47. The molecule has 0 saturated heterocycles. The van der Waals surface area contributed by atoms with Crippen LogP contribution in [-0.2, 0) is 28.8 Å². The minimum absolute atomic E-state index is 0.168. The highest BCUT2D eigenvalue weighted by molar-refractivity contribution is 7.98. The van der Waals surface area contributed by atoms with Crippen LogP contribution >= 0.6 is 11.8 Å². The zero-order valence-corrected chi connectivity index (χ0v) is 17.9. The first-order valence-electron chi connectivity index (χ1n) is 9.21. The van der Waals surface area contributed by atoms with Gasteiger partial charge in [0.1, 0.15) is 18.1 Å². The maximum atomic E-state index is 12.5. The summed E-state index contributed by atoms with van der Waals surface area (Å²) in [4.78, 5) is 69.4. The molecule has 4 unspecified atom stereocenters. The second kappa shape index (κ2) is 14.2. The van der Waals surface area contributed by atoms with E-state index in [1.54, 1.807) is 6.26 Å². The molecule has 176 valence electrons. The molecule has 31 heavy (non-hydrogen) atoms. The SMILES string of the molecule is CSCCC(NC(=O)C(C)NC(=O)C(CCC(=O)O)NC(=O)C(N)CC(=O)O)C(=O)O. The van der Waals surface area contributed by atoms with Crippen LogP contribution in [0.3, 0.4) is 0 Å². The molecule has 0 aliphatic carbocycles. The Morgan fingerprint density at radius 2 is 1.42 bits per heavy atom. The van der Waals surface area contributed by atoms with Crippen LogP contribution in [0.25, 0.3) is 0 Å². The molecule has 0 aromatic carbocycles. The second-order valence-corrected chi connectivity index (χ2v) is 7.59. The van der Waals surface area contributed by atoms with Gasteiger partial charge >= 0.3 is 17.9 Å². The lowest BCUT2D eigenvalue weighted by Crippen LogP contribution is -2.56. The molecular weight excluding hydrogens is 436 g/mol. The predicted octanol–water partition coefficient (Wildman–Crippen LogP) is -2.03. The van der Waals surface area contributed by atoms with Crippen molar-refractivity contribution in [1.82, 2.24) is 16.0 Å². The fourth-order valence-electron chi connectivity index (χ4n) is 2.27. The molecule has 0 spiro atoms. The standard InChI is InChI=1S/C17H28N4O9S/c1-8(14(26)21-11(17(29)30)5-6-31-2)19-16(28)10(3-4-12(22)23)20-15(27)9(18)7-13(24)25/h8-11H,3-7,18H2,1-2H3,(H,19,28)(H,20,27)(H,21,26)(H,22,23)(H,24,25)(H,29,30). The van der Waals surface area contributed by atoms with E-state index in [2.05, 4.69) is 16.0 Å². The van der Waals surface area contributed by atoms with Crippen molar-refractivity contribution >= 4 is 47.4 Å². The van der Waals surface area contributed by atoms with E-state index in [1.807, 2.05) is 0 Å². The van der Waals surface area contributed by atoms with E-state index in [9.17, 15) is 28.8 Å². The Bertz CT molecular complexity index is 689. The van der Waals surface area contributed by atoms with E-state index in [4.69, 9.17) is 21.1 Å². The highest BCUT2D eigenvalue weighted by atomic mass is 32.2. The maximum absolute atomic E-state index is 12.5. The first kappa shape index (κ1) is 28.1. The number of carboxylic acid groups (broad SMARTS) is 3. The Morgan fingerprint density at radius 1 is 0.839 bits per heavy atom. The molecule has 8 N–H and O–H groups in total. The smallest absolute Gasteiger partial charge is 0.326 e. The Balaban J connectivity index is 5.10. The normalized spacial score (nSPS) is 14.4. The summed E-state index contributed by atoms with van der Waals surface area (Å²) in [6.07, 6.45) is 0.402. The van der Waals surface area contributed by atoms with Gasteiger partial charge in [-0.3, -0.25) is 24.0 Å². The molecule has 0 aliphatic rings. The van der Waals surface area contributed by atoms with Crippen LogP contribution in [0.15, 0.2) is 0 Å². The van der Waals surface area contributed by atoms with Crippen molar-refractivity contribution in [2.24, 2.45) is 5.73 Å². The maximum Gasteiger partial charge on any atom is 0.326 e. The number of rotatable bonds is 15. The minimum Gasteiger partial charge on any atom is -0.481 e. The van der Waals surface area contributed by atoms with E-state index in [0.29, 0.717) is 5.75 Å². The van der Waals surface area contributed by atoms with Crippen molar-refractivity contribution in [2.45, 2.75) is 56.8 Å². The van der Waals surface area contributed by atoms with E-state index in [0.717, 1.165) is 0 Å². The molecule has 4 atom stereocenters. The second-order valence-electron chi connectivity index (χ2n) is 6.61. The Morgan fingerprint density at radius 3 is 1.90 bits per heavy atom. The Kier molecular flexibility index (Phi) is 12.9. The summed E-state index contributed by atoms with van der Waals surface area (Å²) in [6.45, 7) is 1.28. The number of carbonyl (C=O) groups is 6. The van der Waals surface area contributed by atoms with Crippen LogP contribution in [0.1, 0.15) is 32.6 Å². The largest absolute Gasteiger partial charge is 0.481 e. The Labute approximate surface area is 182 Å². The molecule has 0 bridgehead atoms. The van der Waals surface area contributed by atoms with E-state index >= 15 is 0 Å². The molecule has 0 aromatic rings. The number of hydrogen-bond acceptors (Lipinski definition) is 8. The van der Waals surface area contributed by atoms with Gasteiger partial charge in [-0.15, -0.1) is 0 Å². The molecule has 0 rings (SSSR count). The van der Waals surface area contributed by atoms with Gasteiger partial charge in [0, 0.05) is 6.42 Å². The van der Waals surface area contributed by atoms with Gasteiger partial charge in [0.25, 0.3) is 0 Å². The third-order valence-electron chi connectivity index (χ3n) is 3.99. The molecule has 0 aromatic heterocycles. The number of amides is 3. The highest BCUT2D eigenvalue weighted by Crippen LogP contribution is 2.03. The van der Waals surface area contributed by atoms with Gasteiger partial charge in [0.15, 0.2) is 0 Å². The average Bonchev–Trinajstić information content (AvgIpc) is 2.66. The zero-order valence-electron chi connectivity index (χ0n) is 17.1. The summed E-state index contributed by atoms with van der Waals surface area (Å²) in [6, 6.07) is -5.21. The van der Waals surface area contributed by atoms with Crippen LogP contribution in [0, 0.1) is 0 Å². The van der Waals surface area contributed by atoms with Gasteiger partial charge in [0.05, 0.1) is 12.5 Å². The van der Waals surface area contributed by atoms with E-state index < -0.39 is 72.6 Å². The highest BCUT2D eigenvalue weighted by Gasteiger charge is 2.29. The molecular formula is C17H28N4O9S. The number of hydrogen-bond donors (Lipinski definition) is 7. The van der Waals surface area contributed by atoms with Crippen molar-refractivity contribution in [3.63, 3.8) is 0 Å². The molecule has 13 nitrogen and oxygen atoms in total. The van der Waals surface area contributed by atoms with Crippen LogP contribution in [0.5, 0.6) is 0 Å². The molecule has 14 heteroatoms. The molecule has 0 fully saturated rings. The zero-order chi connectivity index (χ0) is 24.1. The number of carboxylic acids is 3. The third kappa shape index (κ3) is 11.8. The third-order valence-corrected chi connectivity index (χ3v) is 4.63. The molecule has 0 heterocycles. The topological polar surface area (TPSA) is 225 Å². The fraction of sp³-hybridized carbons (Fsp3) is 0.647. The number of nitrogens with one attached hydrogen (secondary N) is 3. The van der Waals surface area contributed by atoms with Crippen LogP contribution in [0.4, 0.5) is 0 Å². The van der Waals surface area contributed by atoms with Crippen LogP contribution in [-0.4, -0.2) is 87.1 Å². The molecule has 0 aliphatic heterocycles. The summed E-state index contributed by atoms with van der Waals surface area (Å²) in [7, 11) is 0. The first-order valence-corrected chi connectivity index (χ1v) is 10.6. The van der Waals surface area contributed by atoms with Crippen molar-refractivity contribution in [3.05, 3.63) is 0 Å². The lowest BCUT2D eigenvalue weighted by atomic mass is 10.1. The monoisotopic (exact) mass is 464 g/mol. The summed E-state index contributed by atoms with van der Waals surface area (Å²) in [5.74, 6) is -6.01. The lowest BCUT2D eigenvalue weighted by Gasteiger charge is -2.23. The number of aliphatic carboxylic acids is 3. The molecule has 0 saturated carbocycles. The van der Waals surface area contributed by atoms with Gasteiger partial charge in [-0.1, -0.05) is 0 Å². The predicted molar refractivity (Wildman–Crippen MR) is 109 cm³/mol. The van der Waals surface area contributed by atoms with E-state index in [-0.39, 0.29) is 12.8 Å². The Hall–Kier alpha value is -2.87. The van der Waals surface area contributed by atoms with Crippen LogP contribution in [0.2, 0.25) is 0 Å². The van der Waals surface area contributed by atoms with Crippen molar-refractivity contribution in [2.75, 3.05) is 12.0 Å². The fourth-order valence-corrected chi connectivity index (χ4v) is 2.74. The lowest BCUT2D eigenvalue weighted by molar-refractivity contribution is -0.142. The number of carbonyl (C=O) groups excluding carboxylic acids is 3. The summed E-state index contributed by atoms with van der Waals surface area (Å²) < 4.78 is 0. The van der Waals surface area contributed by atoms with Gasteiger partial charge in [0.2, 0.25) is 17.7 Å². The van der Waals surface area contributed by atoms with Crippen LogP contribution < -0.4 is 21.7 Å². The van der Waals surface area contributed by atoms with Crippen molar-refractivity contribution in [3.8, 4) is 0 Å². The number of thioether (sulfide) groups is 1. The quantitative estimate of drug-likeness (QED) is 0.140. The van der Waals surface area contributed by atoms with Gasteiger partial charge in [-0.2, -0.15) is 11.8 Å². The van der Waals surface area contributed by atoms with Crippen molar-refractivity contribution in [1.29, 1.82) is 0 Å². The van der Waals surface area contributed by atoms with Gasteiger partial charge < -0.3 is 37.0 Å². The summed E-state index contributed by atoms with van der Waals surface area (Å²) in [5.41, 5.74) is 5.43. The first-order chi connectivity index (χ1) is 14.4. The van der Waals surface area contributed by atoms with Gasteiger partial charge in [-0.05, 0) is 31.8 Å². The molecule has 3 amide bonds. The average molecular weight is 464 g/mol. The van der Waals surface area contributed by atoms with Crippen molar-refractivity contribution < 1.29 is 44.1 Å². The molecule has 0 radical (unpaired) electrons. The summed E-state index contributed by atoms with van der Waals surface area (Å²) in [5, 5.41) is 33.4.